The Balaban J connectivity index is 1.78. The van der Waals surface area contributed by atoms with Crippen LogP contribution in [-0.4, -0.2) is 32.3 Å². The monoisotopic (exact) mass is 246 g/mol. The standard InChI is InChI=1S/C15H22N2O/c1-11-7-13(4-3-12(11)8-16-2)17-9-14-5-6-15(10-17)18-14/h3-4,7,14-16H,5-6,8-10H2,1-2H3. The molecule has 98 valence electrons. The van der Waals surface area contributed by atoms with E-state index in [0.717, 1.165) is 19.6 Å². The summed E-state index contributed by atoms with van der Waals surface area (Å²) in [7, 11) is 1.99. The first-order valence-corrected chi connectivity index (χ1v) is 6.91. The number of ether oxygens (including phenoxy) is 1. The molecule has 2 bridgehead atoms. The van der Waals surface area contributed by atoms with Gasteiger partial charge in [0, 0.05) is 25.3 Å². The van der Waals surface area contributed by atoms with Crippen LogP contribution in [0.1, 0.15) is 24.0 Å². The van der Waals surface area contributed by atoms with Crippen LogP contribution in [0.2, 0.25) is 0 Å². The van der Waals surface area contributed by atoms with Gasteiger partial charge < -0.3 is 15.0 Å². The molecule has 0 aliphatic carbocycles. The van der Waals surface area contributed by atoms with Crippen LogP contribution in [0.4, 0.5) is 5.69 Å². The number of nitrogens with zero attached hydrogens (tertiary/aromatic N) is 1. The van der Waals surface area contributed by atoms with Gasteiger partial charge >= 0.3 is 0 Å². The molecule has 1 N–H and O–H groups in total. The van der Waals surface area contributed by atoms with E-state index in [0.29, 0.717) is 12.2 Å². The smallest absolute Gasteiger partial charge is 0.0755 e. The molecule has 3 heteroatoms. The number of morpholine rings is 1. The second-order valence-electron chi connectivity index (χ2n) is 5.50. The first-order valence-electron chi connectivity index (χ1n) is 6.91. The lowest BCUT2D eigenvalue weighted by molar-refractivity contribution is 0.0305. The maximum Gasteiger partial charge on any atom is 0.0755 e. The van der Waals surface area contributed by atoms with Crippen molar-refractivity contribution < 1.29 is 4.74 Å². The molecule has 3 rings (SSSR count). The molecule has 3 nitrogen and oxygen atoms in total. The van der Waals surface area contributed by atoms with E-state index in [-0.39, 0.29) is 0 Å². The number of rotatable bonds is 3. The number of nitrogens with one attached hydrogen (secondary N) is 1. The van der Waals surface area contributed by atoms with Crippen molar-refractivity contribution in [1.29, 1.82) is 0 Å². The average Bonchev–Trinajstić information content (AvgIpc) is 2.71. The summed E-state index contributed by atoms with van der Waals surface area (Å²) in [4.78, 5) is 2.49. The average molecular weight is 246 g/mol. The molecule has 0 saturated carbocycles. The Morgan fingerprint density at radius 2 is 2.00 bits per heavy atom. The van der Waals surface area contributed by atoms with Gasteiger partial charge in [-0.15, -0.1) is 0 Å². The van der Waals surface area contributed by atoms with E-state index in [9.17, 15) is 0 Å². The first kappa shape index (κ1) is 12.0. The van der Waals surface area contributed by atoms with Gasteiger partial charge in [0.25, 0.3) is 0 Å². The third-order valence-electron chi connectivity index (χ3n) is 4.10. The maximum absolute atomic E-state index is 5.89. The van der Waals surface area contributed by atoms with Crippen molar-refractivity contribution in [3.05, 3.63) is 29.3 Å². The number of hydrogen-bond donors (Lipinski definition) is 1. The fourth-order valence-corrected chi connectivity index (χ4v) is 3.09. The summed E-state index contributed by atoms with van der Waals surface area (Å²) in [6.07, 6.45) is 3.39. The van der Waals surface area contributed by atoms with Gasteiger partial charge in [-0.3, -0.25) is 0 Å². The van der Waals surface area contributed by atoms with E-state index < -0.39 is 0 Å². The quantitative estimate of drug-likeness (QED) is 0.884. The number of hydrogen-bond acceptors (Lipinski definition) is 3. The van der Waals surface area contributed by atoms with Crippen LogP contribution in [0, 0.1) is 6.92 Å². The second kappa shape index (κ2) is 4.90. The molecule has 1 aromatic carbocycles. The van der Waals surface area contributed by atoms with Crippen molar-refractivity contribution in [2.24, 2.45) is 0 Å². The molecule has 0 spiro atoms. The molecule has 2 atom stereocenters. The van der Waals surface area contributed by atoms with Gasteiger partial charge in [0.1, 0.15) is 0 Å². The van der Waals surface area contributed by atoms with Gasteiger partial charge in [0.2, 0.25) is 0 Å². The van der Waals surface area contributed by atoms with Gasteiger partial charge in [0.05, 0.1) is 12.2 Å². The summed E-state index contributed by atoms with van der Waals surface area (Å²) in [6, 6.07) is 6.82. The van der Waals surface area contributed by atoms with Crippen molar-refractivity contribution >= 4 is 5.69 Å². The third-order valence-corrected chi connectivity index (χ3v) is 4.10. The zero-order valence-corrected chi connectivity index (χ0v) is 11.3. The van der Waals surface area contributed by atoms with E-state index >= 15 is 0 Å². The first-order chi connectivity index (χ1) is 8.76. The van der Waals surface area contributed by atoms with E-state index in [2.05, 4.69) is 35.3 Å². The summed E-state index contributed by atoms with van der Waals surface area (Å²) >= 11 is 0. The van der Waals surface area contributed by atoms with Crippen molar-refractivity contribution in [2.45, 2.75) is 38.5 Å². The molecule has 18 heavy (non-hydrogen) atoms. The number of aryl methyl sites for hydroxylation is 1. The molecule has 0 amide bonds. The zero-order valence-electron chi connectivity index (χ0n) is 11.3. The van der Waals surface area contributed by atoms with Crippen LogP contribution < -0.4 is 10.2 Å². The molecule has 2 heterocycles. The number of fused-ring (bicyclic) bond motifs is 2. The minimum atomic E-state index is 0.459. The van der Waals surface area contributed by atoms with E-state index in [1.807, 2.05) is 7.05 Å². The van der Waals surface area contributed by atoms with Gasteiger partial charge in [-0.2, -0.15) is 0 Å². The molecule has 0 radical (unpaired) electrons. The summed E-state index contributed by atoms with van der Waals surface area (Å²) in [6.45, 7) is 5.26. The fourth-order valence-electron chi connectivity index (χ4n) is 3.09. The fraction of sp³-hybridized carbons (Fsp3) is 0.600. The minimum absolute atomic E-state index is 0.459. The van der Waals surface area contributed by atoms with Crippen LogP contribution in [-0.2, 0) is 11.3 Å². The summed E-state index contributed by atoms with van der Waals surface area (Å²) < 4.78 is 5.89. The molecular weight excluding hydrogens is 224 g/mol. The van der Waals surface area contributed by atoms with Crippen LogP contribution in [0.5, 0.6) is 0 Å². The third kappa shape index (κ3) is 2.25. The molecule has 2 unspecified atom stereocenters. The van der Waals surface area contributed by atoms with E-state index in [4.69, 9.17) is 4.74 Å². The lowest BCUT2D eigenvalue weighted by Crippen LogP contribution is -2.42. The number of benzene rings is 1. The summed E-state index contributed by atoms with van der Waals surface area (Å²) in [5.41, 5.74) is 4.12. The van der Waals surface area contributed by atoms with Crippen molar-refractivity contribution in [3.63, 3.8) is 0 Å². The highest BCUT2D eigenvalue weighted by Crippen LogP contribution is 2.30. The second-order valence-corrected chi connectivity index (χ2v) is 5.50. The zero-order chi connectivity index (χ0) is 12.5. The molecule has 1 aromatic rings. The van der Waals surface area contributed by atoms with Crippen molar-refractivity contribution in [2.75, 3.05) is 25.0 Å². The Morgan fingerprint density at radius 1 is 1.28 bits per heavy atom. The molecule has 2 fully saturated rings. The normalized spacial score (nSPS) is 26.7. The van der Waals surface area contributed by atoms with Gasteiger partial charge in [-0.1, -0.05) is 6.07 Å². The van der Waals surface area contributed by atoms with Gasteiger partial charge in [-0.05, 0) is 50.1 Å². The van der Waals surface area contributed by atoms with Crippen molar-refractivity contribution in [3.8, 4) is 0 Å². The maximum atomic E-state index is 5.89. The Bertz CT molecular complexity index is 421. The molecule has 2 saturated heterocycles. The Kier molecular flexibility index (Phi) is 3.27. The molecule has 2 aliphatic heterocycles. The number of anilines is 1. The van der Waals surface area contributed by atoms with Crippen LogP contribution >= 0.6 is 0 Å². The summed E-state index contributed by atoms with van der Waals surface area (Å²) in [5.74, 6) is 0. The van der Waals surface area contributed by atoms with E-state index in [1.54, 1.807) is 0 Å². The molecular formula is C15H22N2O. The predicted molar refractivity (Wildman–Crippen MR) is 74.1 cm³/mol. The molecule has 0 aromatic heterocycles. The minimum Gasteiger partial charge on any atom is -0.371 e. The Hall–Kier alpha value is -1.06. The highest BCUT2D eigenvalue weighted by atomic mass is 16.5. The van der Waals surface area contributed by atoms with Crippen LogP contribution in [0.3, 0.4) is 0 Å². The van der Waals surface area contributed by atoms with Crippen LogP contribution in [0.25, 0.3) is 0 Å². The Morgan fingerprint density at radius 3 is 2.61 bits per heavy atom. The van der Waals surface area contributed by atoms with Gasteiger partial charge in [-0.25, -0.2) is 0 Å². The Labute approximate surface area is 109 Å². The van der Waals surface area contributed by atoms with Gasteiger partial charge in [0.15, 0.2) is 0 Å². The van der Waals surface area contributed by atoms with E-state index in [1.165, 1.54) is 29.7 Å². The SMILES string of the molecule is CNCc1ccc(N2CC3CCC(C2)O3)cc1C. The predicted octanol–water partition coefficient (Wildman–Crippen LogP) is 2.08. The summed E-state index contributed by atoms with van der Waals surface area (Å²) in [5, 5.41) is 3.21. The topological polar surface area (TPSA) is 24.5 Å². The highest BCUT2D eigenvalue weighted by Gasteiger charge is 2.33. The van der Waals surface area contributed by atoms with Crippen LogP contribution in [0.15, 0.2) is 18.2 Å². The lowest BCUT2D eigenvalue weighted by atomic mass is 10.1. The highest BCUT2D eigenvalue weighted by molar-refractivity contribution is 5.51. The van der Waals surface area contributed by atoms with Crippen molar-refractivity contribution in [1.82, 2.24) is 5.32 Å². The molecule has 2 aliphatic rings. The lowest BCUT2D eigenvalue weighted by Gasteiger charge is -2.34. The largest absolute Gasteiger partial charge is 0.371 e.